The molecule has 1 aliphatic heterocycles. The van der Waals surface area contributed by atoms with Crippen molar-refractivity contribution in [2.75, 3.05) is 0 Å². The summed E-state index contributed by atoms with van der Waals surface area (Å²) in [7, 11) is 0. The van der Waals surface area contributed by atoms with Crippen molar-refractivity contribution >= 4 is 23.4 Å². The zero-order valence-corrected chi connectivity index (χ0v) is 10.9. The Morgan fingerprint density at radius 2 is 2.18 bits per heavy atom. The molecular formula is C12H15N3OS. The Balaban J connectivity index is 2.18. The number of hydrogen-bond acceptors (Lipinski definition) is 5. The Labute approximate surface area is 105 Å². The average Bonchev–Trinajstić information content (AvgIpc) is 2.83. The monoisotopic (exact) mass is 249 g/mol. The van der Waals surface area contributed by atoms with Gasteiger partial charge in [-0.1, -0.05) is 0 Å². The molecule has 5 heteroatoms. The summed E-state index contributed by atoms with van der Waals surface area (Å²) in [6.07, 6.45) is 3.24. The highest BCUT2D eigenvalue weighted by Gasteiger charge is 2.18. The fraction of sp³-hybridized carbons (Fsp3) is 0.333. The SMILES string of the molecule is CC(C)(C)N(O)C=C1C=NC(c2ccsc2)=N1. The maximum absolute atomic E-state index is 9.79. The molecule has 0 unspecified atom stereocenters. The number of aliphatic imine (C=N–C) groups is 2. The van der Waals surface area contributed by atoms with E-state index < -0.39 is 0 Å². The van der Waals surface area contributed by atoms with Crippen LogP contribution in [0.4, 0.5) is 0 Å². The number of hydrogen-bond donors (Lipinski definition) is 1. The van der Waals surface area contributed by atoms with E-state index in [1.807, 2.05) is 37.6 Å². The second kappa shape index (κ2) is 4.43. The Kier molecular flexibility index (Phi) is 3.13. The van der Waals surface area contributed by atoms with Crippen LogP contribution in [0.25, 0.3) is 0 Å². The third-order valence-corrected chi connectivity index (χ3v) is 2.96. The van der Waals surface area contributed by atoms with Crippen molar-refractivity contribution in [1.29, 1.82) is 0 Å². The summed E-state index contributed by atoms with van der Waals surface area (Å²) in [6, 6.07) is 1.98. The van der Waals surface area contributed by atoms with Crippen molar-refractivity contribution in [2.45, 2.75) is 26.3 Å². The first-order chi connectivity index (χ1) is 7.97. The van der Waals surface area contributed by atoms with E-state index in [4.69, 9.17) is 0 Å². The Bertz CT molecular complexity index is 480. The Hall–Kier alpha value is -1.46. The molecule has 17 heavy (non-hydrogen) atoms. The molecule has 1 N–H and O–H groups in total. The molecule has 2 rings (SSSR count). The lowest BCUT2D eigenvalue weighted by molar-refractivity contribution is -0.110. The fourth-order valence-electron chi connectivity index (χ4n) is 1.22. The van der Waals surface area contributed by atoms with Gasteiger partial charge in [0.2, 0.25) is 0 Å². The van der Waals surface area contributed by atoms with Crippen LogP contribution in [0.15, 0.2) is 38.7 Å². The van der Waals surface area contributed by atoms with Gasteiger partial charge in [-0.15, -0.1) is 0 Å². The lowest BCUT2D eigenvalue weighted by Gasteiger charge is -2.27. The van der Waals surface area contributed by atoms with E-state index in [-0.39, 0.29) is 5.54 Å². The highest BCUT2D eigenvalue weighted by atomic mass is 32.1. The molecule has 0 saturated carbocycles. The predicted octanol–water partition coefficient (Wildman–Crippen LogP) is 2.91. The minimum Gasteiger partial charge on any atom is -0.288 e. The second-order valence-electron chi connectivity index (χ2n) is 4.77. The largest absolute Gasteiger partial charge is 0.288 e. The summed E-state index contributed by atoms with van der Waals surface area (Å²) < 4.78 is 0. The van der Waals surface area contributed by atoms with Gasteiger partial charge in [-0.05, 0) is 32.2 Å². The summed E-state index contributed by atoms with van der Waals surface area (Å²) in [6.45, 7) is 5.75. The van der Waals surface area contributed by atoms with Crippen LogP contribution in [0.1, 0.15) is 26.3 Å². The number of amidine groups is 1. The van der Waals surface area contributed by atoms with Crippen molar-refractivity contribution in [2.24, 2.45) is 9.98 Å². The molecule has 0 amide bonds. The maximum Gasteiger partial charge on any atom is 0.160 e. The molecule has 0 bridgehead atoms. The molecular weight excluding hydrogens is 234 g/mol. The molecule has 0 aromatic carbocycles. The second-order valence-corrected chi connectivity index (χ2v) is 5.56. The molecule has 2 heterocycles. The predicted molar refractivity (Wildman–Crippen MR) is 70.8 cm³/mol. The smallest absolute Gasteiger partial charge is 0.160 e. The molecule has 0 fully saturated rings. The molecule has 1 aromatic rings. The van der Waals surface area contributed by atoms with Crippen molar-refractivity contribution in [1.82, 2.24) is 5.06 Å². The van der Waals surface area contributed by atoms with Gasteiger partial charge in [0, 0.05) is 10.9 Å². The van der Waals surface area contributed by atoms with Crippen LogP contribution in [0.3, 0.4) is 0 Å². The topological polar surface area (TPSA) is 48.2 Å². The molecule has 0 saturated heterocycles. The molecule has 0 spiro atoms. The number of hydroxylamine groups is 2. The van der Waals surface area contributed by atoms with Gasteiger partial charge in [0.1, 0.15) is 5.70 Å². The third kappa shape index (κ3) is 2.81. The maximum atomic E-state index is 9.79. The molecule has 4 nitrogen and oxygen atoms in total. The zero-order chi connectivity index (χ0) is 12.5. The van der Waals surface area contributed by atoms with Crippen LogP contribution in [-0.4, -0.2) is 27.9 Å². The van der Waals surface area contributed by atoms with E-state index in [1.54, 1.807) is 23.8 Å². The normalized spacial score (nSPS) is 17.6. The van der Waals surface area contributed by atoms with E-state index in [0.29, 0.717) is 11.5 Å². The van der Waals surface area contributed by atoms with Gasteiger partial charge in [-0.3, -0.25) is 10.3 Å². The van der Waals surface area contributed by atoms with E-state index in [1.165, 1.54) is 0 Å². The van der Waals surface area contributed by atoms with Crippen LogP contribution in [-0.2, 0) is 0 Å². The van der Waals surface area contributed by atoms with E-state index in [2.05, 4.69) is 9.98 Å². The standard InChI is InChI=1S/C12H15N3OS/c1-12(2,3)15(16)7-10-6-13-11(14-10)9-4-5-17-8-9/h4-8,16H,1-3H3. The number of thiophene rings is 1. The quantitative estimate of drug-likeness (QED) is 0.819. The minimum absolute atomic E-state index is 0.346. The minimum atomic E-state index is -0.346. The summed E-state index contributed by atoms with van der Waals surface area (Å²) in [4.78, 5) is 8.56. The molecule has 0 radical (unpaired) electrons. The molecule has 0 aliphatic carbocycles. The first-order valence-electron chi connectivity index (χ1n) is 5.32. The van der Waals surface area contributed by atoms with Gasteiger partial charge in [-0.2, -0.15) is 11.3 Å². The highest BCUT2D eigenvalue weighted by Crippen LogP contribution is 2.17. The van der Waals surface area contributed by atoms with Crippen LogP contribution < -0.4 is 0 Å². The molecule has 1 aliphatic rings. The van der Waals surface area contributed by atoms with Gasteiger partial charge >= 0.3 is 0 Å². The van der Waals surface area contributed by atoms with Crippen molar-refractivity contribution in [3.05, 3.63) is 34.3 Å². The highest BCUT2D eigenvalue weighted by molar-refractivity contribution is 7.08. The third-order valence-electron chi connectivity index (χ3n) is 2.28. The van der Waals surface area contributed by atoms with Crippen molar-refractivity contribution in [3.8, 4) is 0 Å². The first-order valence-corrected chi connectivity index (χ1v) is 6.26. The summed E-state index contributed by atoms with van der Waals surface area (Å²) in [5.74, 6) is 0.694. The number of nitrogens with zero attached hydrogens (tertiary/aromatic N) is 3. The van der Waals surface area contributed by atoms with Crippen LogP contribution in [0.2, 0.25) is 0 Å². The van der Waals surface area contributed by atoms with E-state index in [0.717, 1.165) is 10.6 Å². The summed E-state index contributed by atoms with van der Waals surface area (Å²) in [5.41, 5.74) is 1.32. The average molecular weight is 249 g/mol. The van der Waals surface area contributed by atoms with Gasteiger partial charge in [0.05, 0.1) is 18.0 Å². The van der Waals surface area contributed by atoms with E-state index >= 15 is 0 Å². The molecule has 1 aromatic heterocycles. The van der Waals surface area contributed by atoms with E-state index in [9.17, 15) is 5.21 Å². The lowest BCUT2D eigenvalue weighted by atomic mass is 10.1. The number of rotatable bonds is 2. The summed E-state index contributed by atoms with van der Waals surface area (Å²) >= 11 is 1.61. The van der Waals surface area contributed by atoms with Gasteiger partial charge < -0.3 is 0 Å². The number of allylic oxidation sites excluding steroid dienone is 1. The first kappa shape index (κ1) is 12.0. The fourth-order valence-corrected chi connectivity index (χ4v) is 1.85. The summed E-state index contributed by atoms with van der Waals surface area (Å²) in [5, 5.41) is 14.9. The van der Waals surface area contributed by atoms with Crippen LogP contribution in [0.5, 0.6) is 0 Å². The lowest BCUT2D eigenvalue weighted by Crippen LogP contribution is -2.34. The molecule has 90 valence electrons. The van der Waals surface area contributed by atoms with Crippen molar-refractivity contribution in [3.63, 3.8) is 0 Å². The van der Waals surface area contributed by atoms with Gasteiger partial charge in [0.25, 0.3) is 0 Å². The zero-order valence-electron chi connectivity index (χ0n) is 10.1. The van der Waals surface area contributed by atoms with Crippen LogP contribution >= 0.6 is 11.3 Å². The molecule has 0 atom stereocenters. The van der Waals surface area contributed by atoms with Crippen molar-refractivity contribution < 1.29 is 5.21 Å². The van der Waals surface area contributed by atoms with Gasteiger partial charge in [-0.25, -0.2) is 9.98 Å². The van der Waals surface area contributed by atoms with Crippen LogP contribution in [0, 0.1) is 0 Å². The Morgan fingerprint density at radius 3 is 2.76 bits per heavy atom. The van der Waals surface area contributed by atoms with Gasteiger partial charge in [0.15, 0.2) is 5.84 Å². The Morgan fingerprint density at radius 1 is 1.41 bits per heavy atom.